The van der Waals surface area contributed by atoms with Crippen LogP contribution in [0.4, 0.5) is 0 Å². The molecule has 0 bridgehead atoms. The van der Waals surface area contributed by atoms with E-state index in [1.807, 2.05) is 0 Å². The fraction of sp³-hybridized carbons (Fsp3) is 0.500. The Morgan fingerprint density at radius 2 is 1.82 bits per heavy atom. The molecule has 0 saturated carbocycles. The standard InChI is InChI=1S/C8H13NO2/c1-5(2)7(10)9-8(11)6(3)4/h6H,1H2,2-4H3,(H,9,10,11). The van der Waals surface area contributed by atoms with E-state index in [9.17, 15) is 9.59 Å². The van der Waals surface area contributed by atoms with Crippen LogP contribution in [0, 0.1) is 5.92 Å². The molecule has 0 aromatic carbocycles. The van der Waals surface area contributed by atoms with E-state index >= 15 is 0 Å². The Morgan fingerprint density at radius 1 is 1.36 bits per heavy atom. The second kappa shape index (κ2) is 3.91. The predicted octanol–water partition coefficient (Wildman–Crippen LogP) is 0.861. The fourth-order valence-corrected chi connectivity index (χ4v) is 0.363. The average Bonchev–Trinajstić information content (AvgIpc) is 1.87. The third kappa shape index (κ3) is 3.55. The van der Waals surface area contributed by atoms with Gasteiger partial charge in [0.25, 0.3) is 5.91 Å². The summed E-state index contributed by atoms with van der Waals surface area (Å²) in [4.78, 5) is 21.7. The second-order valence-electron chi connectivity index (χ2n) is 2.75. The van der Waals surface area contributed by atoms with Crippen LogP contribution in [-0.2, 0) is 9.59 Å². The maximum absolute atomic E-state index is 10.9. The molecule has 11 heavy (non-hydrogen) atoms. The molecule has 0 heterocycles. The molecule has 0 aliphatic rings. The van der Waals surface area contributed by atoms with E-state index in [0.29, 0.717) is 5.57 Å². The summed E-state index contributed by atoms with van der Waals surface area (Å²) < 4.78 is 0. The highest BCUT2D eigenvalue weighted by Crippen LogP contribution is 1.92. The molecular formula is C8H13NO2. The van der Waals surface area contributed by atoms with Gasteiger partial charge in [0.2, 0.25) is 5.91 Å². The van der Waals surface area contributed by atoms with E-state index in [-0.39, 0.29) is 11.8 Å². The summed E-state index contributed by atoms with van der Waals surface area (Å²) in [6, 6.07) is 0. The number of hydrogen-bond acceptors (Lipinski definition) is 2. The van der Waals surface area contributed by atoms with Gasteiger partial charge in [-0.2, -0.15) is 0 Å². The van der Waals surface area contributed by atoms with Gasteiger partial charge in [-0.1, -0.05) is 20.4 Å². The Hall–Kier alpha value is -1.12. The minimum atomic E-state index is -0.399. The molecule has 3 heteroatoms. The largest absolute Gasteiger partial charge is 0.292 e. The van der Waals surface area contributed by atoms with Crippen LogP contribution in [-0.4, -0.2) is 11.8 Å². The van der Waals surface area contributed by atoms with Gasteiger partial charge in [-0.05, 0) is 6.92 Å². The molecule has 0 saturated heterocycles. The van der Waals surface area contributed by atoms with Gasteiger partial charge in [0.1, 0.15) is 0 Å². The van der Waals surface area contributed by atoms with Crippen molar-refractivity contribution in [3.8, 4) is 0 Å². The smallest absolute Gasteiger partial charge is 0.252 e. The van der Waals surface area contributed by atoms with Crippen molar-refractivity contribution >= 4 is 11.8 Å². The third-order valence-corrected chi connectivity index (χ3v) is 1.15. The Bertz CT molecular complexity index is 194. The summed E-state index contributed by atoms with van der Waals surface area (Å²) in [6.07, 6.45) is 0. The molecule has 0 rings (SSSR count). The Morgan fingerprint density at radius 3 is 2.09 bits per heavy atom. The van der Waals surface area contributed by atoms with E-state index < -0.39 is 5.91 Å². The van der Waals surface area contributed by atoms with Crippen LogP contribution in [0.1, 0.15) is 20.8 Å². The van der Waals surface area contributed by atoms with Gasteiger partial charge in [0.05, 0.1) is 0 Å². The summed E-state index contributed by atoms with van der Waals surface area (Å²) in [5.41, 5.74) is 0.346. The van der Waals surface area contributed by atoms with Gasteiger partial charge in [0, 0.05) is 11.5 Å². The number of imide groups is 1. The van der Waals surface area contributed by atoms with Crippen LogP contribution in [0.2, 0.25) is 0 Å². The summed E-state index contributed by atoms with van der Waals surface area (Å²) in [6.45, 7) is 8.41. The first-order valence-electron chi connectivity index (χ1n) is 3.46. The molecular weight excluding hydrogens is 142 g/mol. The van der Waals surface area contributed by atoms with E-state index in [1.165, 1.54) is 0 Å². The number of carbonyl (C=O) groups is 2. The monoisotopic (exact) mass is 155 g/mol. The SMILES string of the molecule is C=C(C)C(=O)NC(=O)C(C)C. The molecule has 0 aliphatic heterocycles. The minimum Gasteiger partial charge on any atom is -0.292 e. The van der Waals surface area contributed by atoms with Crippen LogP contribution >= 0.6 is 0 Å². The van der Waals surface area contributed by atoms with E-state index in [0.717, 1.165) is 0 Å². The average molecular weight is 155 g/mol. The lowest BCUT2D eigenvalue weighted by molar-refractivity contribution is -0.130. The first kappa shape index (κ1) is 9.88. The summed E-state index contributed by atoms with van der Waals surface area (Å²) in [5, 5.41) is 2.20. The normalized spacial score (nSPS) is 9.45. The highest BCUT2D eigenvalue weighted by Gasteiger charge is 2.10. The number of amides is 2. The van der Waals surface area contributed by atoms with E-state index in [1.54, 1.807) is 20.8 Å². The molecule has 3 nitrogen and oxygen atoms in total. The number of carbonyl (C=O) groups excluding carboxylic acids is 2. The number of rotatable bonds is 2. The minimum absolute atomic E-state index is 0.168. The van der Waals surface area contributed by atoms with Crippen molar-refractivity contribution in [3.05, 3.63) is 12.2 Å². The van der Waals surface area contributed by atoms with Crippen molar-refractivity contribution in [2.75, 3.05) is 0 Å². The van der Waals surface area contributed by atoms with Gasteiger partial charge in [-0.3, -0.25) is 14.9 Å². The molecule has 1 N–H and O–H groups in total. The molecule has 0 aliphatic carbocycles. The zero-order valence-corrected chi connectivity index (χ0v) is 7.10. The Balaban J connectivity index is 3.96. The van der Waals surface area contributed by atoms with E-state index in [2.05, 4.69) is 11.9 Å². The van der Waals surface area contributed by atoms with Gasteiger partial charge in [0.15, 0.2) is 0 Å². The number of nitrogens with one attached hydrogen (secondary N) is 1. The van der Waals surface area contributed by atoms with Crippen LogP contribution in [0.3, 0.4) is 0 Å². The zero-order valence-electron chi connectivity index (χ0n) is 7.10. The van der Waals surface area contributed by atoms with Crippen LogP contribution < -0.4 is 5.32 Å². The summed E-state index contributed by atoms with van der Waals surface area (Å²) >= 11 is 0. The molecule has 0 fully saturated rings. The quantitative estimate of drug-likeness (QED) is 0.601. The Kier molecular flexibility index (Phi) is 3.51. The van der Waals surface area contributed by atoms with Gasteiger partial charge in [-0.15, -0.1) is 0 Å². The van der Waals surface area contributed by atoms with Crippen molar-refractivity contribution in [3.63, 3.8) is 0 Å². The molecule has 2 amide bonds. The van der Waals surface area contributed by atoms with Crippen LogP contribution in [0.5, 0.6) is 0 Å². The van der Waals surface area contributed by atoms with Crippen molar-refractivity contribution in [2.24, 2.45) is 5.92 Å². The highest BCUT2D eigenvalue weighted by atomic mass is 16.2. The number of hydrogen-bond donors (Lipinski definition) is 1. The van der Waals surface area contributed by atoms with Crippen molar-refractivity contribution in [1.82, 2.24) is 5.32 Å². The first-order valence-corrected chi connectivity index (χ1v) is 3.46. The van der Waals surface area contributed by atoms with Crippen LogP contribution in [0.15, 0.2) is 12.2 Å². The van der Waals surface area contributed by atoms with Crippen molar-refractivity contribution < 1.29 is 9.59 Å². The maximum Gasteiger partial charge on any atom is 0.252 e. The van der Waals surface area contributed by atoms with Gasteiger partial charge < -0.3 is 0 Å². The topological polar surface area (TPSA) is 46.2 Å². The lowest BCUT2D eigenvalue weighted by atomic mass is 10.2. The van der Waals surface area contributed by atoms with Crippen LogP contribution in [0.25, 0.3) is 0 Å². The van der Waals surface area contributed by atoms with Gasteiger partial charge in [-0.25, -0.2) is 0 Å². The predicted molar refractivity (Wildman–Crippen MR) is 42.8 cm³/mol. The molecule has 0 aromatic heterocycles. The van der Waals surface area contributed by atoms with Crippen molar-refractivity contribution in [2.45, 2.75) is 20.8 Å². The maximum atomic E-state index is 10.9. The molecule has 0 spiro atoms. The molecule has 62 valence electrons. The lowest BCUT2D eigenvalue weighted by Crippen LogP contribution is -2.33. The molecule has 0 aromatic rings. The summed E-state index contributed by atoms with van der Waals surface area (Å²) in [7, 11) is 0. The highest BCUT2D eigenvalue weighted by molar-refractivity contribution is 6.03. The Labute approximate surface area is 66.5 Å². The third-order valence-electron chi connectivity index (χ3n) is 1.15. The van der Waals surface area contributed by atoms with Gasteiger partial charge >= 0.3 is 0 Å². The lowest BCUT2D eigenvalue weighted by Gasteiger charge is -2.04. The molecule has 0 atom stereocenters. The molecule has 0 unspecified atom stereocenters. The fourth-order valence-electron chi connectivity index (χ4n) is 0.363. The molecule has 0 radical (unpaired) electrons. The first-order chi connectivity index (χ1) is 4.95. The zero-order chi connectivity index (χ0) is 9.02. The van der Waals surface area contributed by atoms with Crippen molar-refractivity contribution in [1.29, 1.82) is 0 Å². The van der Waals surface area contributed by atoms with E-state index in [4.69, 9.17) is 0 Å². The summed E-state index contributed by atoms with van der Waals surface area (Å²) in [5.74, 6) is -0.833. The second-order valence-corrected chi connectivity index (χ2v) is 2.75.